The summed E-state index contributed by atoms with van der Waals surface area (Å²) in [5, 5.41) is 4.33. The van der Waals surface area contributed by atoms with Gasteiger partial charge in [0.25, 0.3) is 0 Å². The fraction of sp³-hybridized carbons (Fsp3) is 0.167. The summed E-state index contributed by atoms with van der Waals surface area (Å²) in [6.07, 6.45) is 7.85. The van der Waals surface area contributed by atoms with Crippen molar-refractivity contribution in [1.82, 2.24) is 29.3 Å². The molecule has 1 fully saturated rings. The predicted octanol–water partition coefficient (Wildman–Crippen LogP) is 3.91. The molecule has 4 heterocycles. The number of pyridine rings is 2. The summed E-state index contributed by atoms with van der Waals surface area (Å²) in [6, 6.07) is 16.4. The lowest BCUT2D eigenvalue weighted by molar-refractivity contribution is 0.849. The Morgan fingerprint density at radius 3 is 2.84 bits per heavy atom. The van der Waals surface area contributed by atoms with E-state index < -0.39 is 0 Å². The van der Waals surface area contributed by atoms with Gasteiger partial charge in [0.2, 0.25) is 0 Å². The third-order valence-electron chi connectivity index (χ3n) is 6.50. The first kappa shape index (κ1) is 16.8. The van der Waals surface area contributed by atoms with E-state index in [9.17, 15) is 0 Å². The number of hydrogen-bond donors (Lipinski definition) is 1. The van der Waals surface area contributed by atoms with Gasteiger partial charge in [0.15, 0.2) is 17.3 Å². The Hall–Kier alpha value is -4.00. The van der Waals surface area contributed by atoms with E-state index in [-0.39, 0.29) is 0 Å². The summed E-state index contributed by atoms with van der Waals surface area (Å²) in [4.78, 5) is 14.1. The molecule has 0 radical (unpaired) electrons. The summed E-state index contributed by atoms with van der Waals surface area (Å²) in [5.41, 5.74) is 12.6. The largest absolute Gasteiger partial charge is 0.383 e. The van der Waals surface area contributed by atoms with Crippen molar-refractivity contribution in [2.24, 2.45) is 5.92 Å². The molecule has 1 saturated carbocycles. The molecule has 7 heteroatoms. The van der Waals surface area contributed by atoms with Crippen LogP contribution in [0.4, 0.5) is 5.82 Å². The lowest BCUT2D eigenvalue weighted by Gasteiger charge is -2.13. The Morgan fingerprint density at radius 1 is 1.00 bits per heavy atom. The van der Waals surface area contributed by atoms with E-state index in [0.717, 1.165) is 40.0 Å². The van der Waals surface area contributed by atoms with Crippen LogP contribution in [0, 0.1) is 5.92 Å². The summed E-state index contributed by atoms with van der Waals surface area (Å²) in [5.74, 6) is 3.49. The molecule has 0 aliphatic heterocycles. The number of nitrogens with zero attached hydrogens (tertiary/aromatic N) is 6. The van der Waals surface area contributed by atoms with Gasteiger partial charge < -0.3 is 5.73 Å². The Bertz CT molecular complexity index is 1470. The van der Waals surface area contributed by atoms with E-state index in [4.69, 9.17) is 15.7 Å². The number of aromatic nitrogens is 6. The molecule has 5 aromatic rings. The highest BCUT2D eigenvalue weighted by Crippen LogP contribution is 2.56. The molecule has 1 aromatic carbocycles. The third-order valence-corrected chi connectivity index (χ3v) is 6.50. The number of nitrogen functional groups attached to an aromatic ring is 1. The van der Waals surface area contributed by atoms with E-state index in [1.165, 1.54) is 24.0 Å². The van der Waals surface area contributed by atoms with Crippen molar-refractivity contribution >= 4 is 17.0 Å². The standard InChI is InChI=1S/C24H19N7/c25-22-17(3-1-8-26-22)23-28-20-6-7-21(30-10-2-9-27-30)29-24(20)31(23)16-5-4-14-11-15-12-18(15)19(14)13-16/h1-10,13,15,18H,11-12H2,(H2,25,26). The SMILES string of the molecule is Nc1ncccc1-c1nc2ccc(-n3cccn3)nc2n1-c1ccc2c(c1)C1CC1C2. The molecule has 2 N–H and O–H groups in total. The minimum absolute atomic E-state index is 0.453. The molecule has 0 amide bonds. The fourth-order valence-electron chi connectivity index (χ4n) is 4.90. The number of fused-ring (bicyclic) bond motifs is 4. The highest BCUT2D eigenvalue weighted by Gasteiger charge is 2.45. The summed E-state index contributed by atoms with van der Waals surface area (Å²) in [7, 11) is 0. The molecule has 0 spiro atoms. The van der Waals surface area contributed by atoms with Crippen molar-refractivity contribution in [3.05, 3.63) is 78.2 Å². The van der Waals surface area contributed by atoms with Crippen LogP contribution in [0.2, 0.25) is 0 Å². The van der Waals surface area contributed by atoms with Crippen LogP contribution in [0.1, 0.15) is 23.5 Å². The lowest BCUT2D eigenvalue weighted by Crippen LogP contribution is -2.04. The molecule has 7 nitrogen and oxygen atoms in total. The monoisotopic (exact) mass is 405 g/mol. The third kappa shape index (κ3) is 2.46. The van der Waals surface area contributed by atoms with Crippen molar-refractivity contribution < 1.29 is 0 Å². The van der Waals surface area contributed by atoms with Crippen LogP contribution in [-0.4, -0.2) is 29.3 Å². The molecule has 2 unspecified atom stereocenters. The van der Waals surface area contributed by atoms with Crippen LogP contribution in [-0.2, 0) is 6.42 Å². The summed E-state index contributed by atoms with van der Waals surface area (Å²) in [6.45, 7) is 0. The first-order chi connectivity index (χ1) is 15.3. The first-order valence-electron chi connectivity index (χ1n) is 10.5. The number of rotatable bonds is 3. The number of hydrogen-bond acceptors (Lipinski definition) is 5. The molecule has 0 saturated heterocycles. The van der Waals surface area contributed by atoms with Crippen LogP contribution >= 0.6 is 0 Å². The van der Waals surface area contributed by atoms with Crippen molar-refractivity contribution in [2.45, 2.75) is 18.8 Å². The predicted molar refractivity (Wildman–Crippen MR) is 118 cm³/mol. The Morgan fingerprint density at radius 2 is 1.97 bits per heavy atom. The van der Waals surface area contributed by atoms with E-state index in [1.807, 2.05) is 36.5 Å². The lowest BCUT2D eigenvalue weighted by atomic mass is 10.0. The van der Waals surface area contributed by atoms with Crippen LogP contribution < -0.4 is 5.73 Å². The van der Waals surface area contributed by atoms with Gasteiger partial charge in [-0.25, -0.2) is 19.6 Å². The Labute approximate surface area is 178 Å². The van der Waals surface area contributed by atoms with Crippen LogP contribution in [0.5, 0.6) is 0 Å². The van der Waals surface area contributed by atoms with Crippen LogP contribution in [0.3, 0.4) is 0 Å². The van der Waals surface area contributed by atoms with Crippen molar-refractivity contribution in [2.75, 3.05) is 5.73 Å². The maximum absolute atomic E-state index is 6.25. The second kappa shape index (κ2) is 6.01. The van der Waals surface area contributed by atoms with Gasteiger partial charge in [-0.1, -0.05) is 6.07 Å². The maximum Gasteiger partial charge on any atom is 0.167 e. The minimum atomic E-state index is 0.453. The van der Waals surface area contributed by atoms with Gasteiger partial charge in [-0.3, -0.25) is 4.57 Å². The van der Waals surface area contributed by atoms with Crippen LogP contribution in [0.15, 0.2) is 67.1 Å². The first-order valence-corrected chi connectivity index (χ1v) is 10.5. The average molecular weight is 405 g/mol. The van der Waals surface area contributed by atoms with Crippen molar-refractivity contribution in [1.29, 1.82) is 0 Å². The van der Waals surface area contributed by atoms with Gasteiger partial charge in [-0.2, -0.15) is 5.10 Å². The number of imidazole rings is 1. The van der Waals surface area contributed by atoms with Gasteiger partial charge >= 0.3 is 0 Å². The van der Waals surface area contributed by atoms with E-state index in [2.05, 4.69) is 32.8 Å². The average Bonchev–Trinajstić information content (AvgIpc) is 3.15. The zero-order valence-corrected chi connectivity index (χ0v) is 16.7. The zero-order valence-electron chi connectivity index (χ0n) is 16.7. The summed E-state index contributed by atoms with van der Waals surface area (Å²) >= 11 is 0. The Kier molecular flexibility index (Phi) is 3.25. The topological polar surface area (TPSA) is 87.4 Å². The fourth-order valence-corrected chi connectivity index (χ4v) is 4.90. The number of nitrogens with two attached hydrogens (primary N) is 1. The molecule has 0 bridgehead atoms. The molecule has 31 heavy (non-hydrogen) atoms. The normalized spacial score (nSPS) is 18.8. The molecule has 7 rings (SSSR count). The highest BCUT2D eigenvalue weighted by atomic mass is 15.3. The molecular weight excluding hydrogens is 386 g/mol. The second-order valence-electron chi connectivity index (χ2n) is 8.36. The molecular formula is C24H19N7. The smallest absolute Gasteiger partial charge is 0.167 e. The van der Waals surface area contributed by atoms with E-state index in [0.29, 0.717) is 11.7 Å². The molecule has 2 aliphatic carbocycles. The van der Waals surface area contributed by atoms with Gasteiger partial charge in [0, 0.05) is 24.3 Å². The van der Waals surface area contributed by atoms with Crippen molar-refractivity contribution in [3.8, 4) is 22.9 Å². The molecule has 4 aromatic heterocycles. The van der Waals surface area contributed by atoms with Gasteiger partial charge in [-0.05, 0) is 78.3 Å². The van der Waals surface area contributed by atoms with Crippen LogP contribution in [0.25, 0.3) is 34.1 Å². The van der Waals surface area contributed by atoms with E-state index >= 15 is 0 Å². The number of benzene rings is 1. The summed E-state index contributed by atoms with van der Waals surface area (Å²) < 4.78 is 3.86. The van der Waals surface area contributed by atoms with E-state index in [1.54, 1.807) is 17.1 Å². The second-order valence-corrected chi connectivity index (χ2v) is 8.36. The quantitative estimate of drug-likeness (QED) is 0.492. The zero-order chi connectivity index (χ0) is 20.5. The van der Waals surface area contributed by atoms with Gasteiger partial charge in [-0.15, -0.1) is 0 Å². The Balaban J connectivity index is 1.51. The van der Waals surface area contributed by atoms with Gasteiger partial charge in [0.1, 0.15) is 11.3 Å². The minimum Gasteiger partial charge on any atom is -0.383 e. The molecule has 2 aliphatic rings. The number of anilines is 1. The van der Waals surface area contributed by atoms with Crippen molar-refractivity contribution in [3.63, 3.8) is 0 Å². The van der Waals surface area contributed by atoms with Gasteiger partial charge in [0.05, 0.1) is 5.56 Å². The maximum atomic E-state index is 6.25. The molecule has 2 atom stereocenters. The highest BCUT2D eigenvalue weighted by molar-refractivity contribution is 5.83. The molecule has 150 valence electrons.